The highest BCUT2D eigenvalue weighted by molar-refractivity contribution is 5.33. The van der Waals surface area contributed by atoms with E-state index in [1.807, 2.05) is 6.20 Å². The van der Waals surface area contributed by atoms with Crippen molar-refractivity contribution in [3.8, 4) is 0 Å². The van der Waals surface area contributed by atoms with Crippen molar-refractivity contribution in [1.82, 2.24) is 9.55 Å². The van der Waals surface area contributed by atoms with E-state index in [9.17, 15) is 0 Å². The van der Waals surface area contributed by atoms with E-state index in [4.69, 9.17) is 0 Å². The zero-order chi connectivity index (χ0) is 13.0. The molecule has 1 heterocycles. The Morgan fingerprint density at radius 2 is 1.74 bits per heavy atom. The molecule has 0 spiro atoms. The van der Waals surface area contributed by atoms with Gasteiger partial charge in [0.05, 0.1) is 0 Å². The summed E-state index contributed by atoms with van der Waals surface area (Å²) in [7, 11) is 0. The second-order valence-electron chi connectivity index (χ2n) is 7.57. The summed E-state index contributed by atoms with van der Waals surface area (Å²) in [6.45, 7) is 4.46. The molecule has 5 rings (SSSR count). The summed E-state index contributed by atoms with van der Waals surface area (Å²) in [5.41, 5.74) is 0.368. The number of aromatic nitrogens is 2. The number of nitrogens with zero attached hydrogens (tertiary/aromatic N) is 2. The van der Waals surface area contributed by atoms with Crippen LogP contribution in [0.15, 0.2) is 12.4 Å². The van der Waals surface area contributed by atoms with Crippen LogP contribution in [0.4, 0.5) is 5.95 Å². The van der Waals surface area contributed by atoms with E-state index < -0.39 is 0 Å². The van der Waals surface area contributed by atoms with E-state index in [-0.39, 0.29) is 0 Å². The minimum atomic E-state index is 0.368. The molecule has 3 heteroatoms. The fourth-order valence-corrected chi connectivity index (χ4v) is 5.33. The van der Waals surface area contributed by atoms with Crippen molar-refractivity contribution in [3.05, 3.63) is 12.4 Å². The molecule has 19 heavy (non-hydrogen) atoms. The number of imidazole rings is 1. The molecule has 3 nitrogen and oxygen atoms in total. The van der Waals surface area contributed by atoms with E-state index in [0.29, 0.717) is 11.6 Å². The van der Waals surface area contributed by atoms with E-state index in [0.717, 1.165) is 23.7 Å². The molecule has 0 saturated heterocycles. The normalized spacial score (nSPS) is 40.1. The van der Waals surface area contributed by atoms with Crippen molar-refractivity contribution in [2.24, 2.45) is 17.8 Å². The maximum atomic E-state index is 4.57. The minimum Gasteiger partial charge on any atom is -0.350 e. The summed E-state index contributed by atoms with van der Waals surface area (Å²) < 4.78 is 2.28. The first kappa shape index (κ1) is 11.8. The lowest BCUT2D eigenvalue weighted by atomic mass is 9.53. The molecule has 0 aliphatic heterocycles. The van der Waals surface area contributed by atoms with Gasteiger partial charge in [0.1, 0.15) is 0 Å². The van der Waals surface area contributed by atoms with Gasteiger partial charge in [0.25, 0.3) is 0 Å². The molecule has 0 amide bonds. The van der Waals surface area contributed by atoms with Crippen LogP contribution in [0.2, 0.25) is 0 Å². The molecule has 0 aromatic carbocycles. The molecular formula is C16H25N3. The Hall–Kier alpha value is -0.990. The molecule has 4 aliphatic carbocycles. The molecule has 0 radical (unpaired) electrons. The van der Waals surface area contributed by atoms with Gasteiger partial charge in [-0.05, 0) is 70.1 Å². The van der Waals surface area contributed by atoms with Crippen LogP contribution in [-0.4, -0.2) is 15.1 Å². The van der Waals surface area contributed by atoms with Gasteiger partial charge in [0.15, 0.2) is 0 Å². The Morgan fingerprint density at radius 1 is 1.16 bits per heavy atom. The lowest BCUT2D eigenvalue weighted by Gasteiger charge is -2.57. The van der Waals surface area contributed by atoms with Gasteiger partial charge >= 0.3 is 0 Å². The Balaban J connectivity index is 1.60. The smallest absolute Gasteiger partial charge is 0.203 e. The van der Waals surface area contributed by atoms with Crippen molar-refractivity contribution >= 4 is 5.95 Å². The van der Waals surface area contributed by atoms with Crippen LogP contribution in [0.1, 0.15) is 58.4 Å². The summed E-state index contributed by atoms with van der Waals surface area (Å²) >= 11 is 0. The van der Waals surface area contributed by atoms with Gasteiger partial charge in [-0.2, -0.15) is 0 Å². The predicted molar refractivity (Wildman–Crippen MR) is 77.1 cm³/mol. The fraction of sp³-hybridized carbons (Fsp3) is 0.812. The largest absolute Gasteiger partial charge is 0.350 e. The molecule has 4 aliphatic rings. The van der Waals surface area contributed by atoms with E-state index in [1.165, 1.54) is 38.5 Å². The molecule has 4 fully saturated rings. The Kier molecular flexibility index (Phi) is 2.49. The first-order valence-corrected chi connectivity index (χ1v) is 7.94. The average Bonchev–Trinajstić information content (AvgIpc) is 2.74. The molecule has 0 unspecified atom stereocenters. The molecular weight excluding hydrogens is 234 g/mol. The summed E-state index contributed by atoms with van der Waals surface area (Å²) in [5, 5.41) is 3.87. The third kappa shape index (κ3) is 1.89. The second kappa shape index (κ2) is 4.00. The van der Waals surface area contributed by atoms with Crippen LogP contribution in [0.3, 0.4) is 0 Å². The number of nitrogens with one attached hydrogen (secondary N) is 1. The van der Waals surface area contributed by atoms with Crippen molar-refractivity contribution in [2.75, 3.05) is 5.32 Å². The lowest BCUT2D eigenvalue weighted by Crippen LogP contribution is -2.55. The van der Waals surface area contributed by atoms with Crippen molar-refractivity contribution in [2.45, 2.75) is 64.0 Å². The highest BCUT2D eigenvalue weighted by Crippen LogP contribution is 2.56. The standard InChI is InChI=1S/C16H25N3/c1-11(2)19-4-3-17-15(19)18-16-8-12-5-13(9-16)7-14(6-12)10-16/h3-4,11-14H,5-10H2,1-2H3,(H,17,18). The zero-order valence-electron chi connectivity index (χ0n) is 12.1. The third-order valence-corrected chi connectivity index (χ3v) is 5.64. The van der Waals surface area contributed by atoms with E-state index in [2.05, 4.69) is 34.9 Å². The van der Waals surface area contributed by atoms with Crippen molar-refractivity contribution in [3.63, 3.8) is 0 Å². The van der Waals surface area contributed by atoms with Gasteiger partial charge in [-0.3, -0.25) is 0 Å². The highest BCUT2D eigenvalue weighted by Gasteiger charge is 2.51. The van der Waals surface area contributed by atoms with Gasteiger partial charge in [0, 0.05) is 24.0 Å². The lowest BCUT2D eigenvalue weighted by molar-refractivity contribution is 0.0102. The highest BCUT2D eigenvalue weighted by atomic mass is 15.2. The fourth-order valence-electron chi connectivity index (χ4n) is 5.33. The third-order valence-electron chi connectivity index (χ3n) is 5.64. The molecule has 4 saturated carbocycles. The maximum Gasteiger partial charge on any atom is 0.203 e. The monoisotopic (exact) mass is 259 g/mol. The maximum absolute atomic E-state index is 4.57. The first-order valence-electron chi connectivity index (χ1n) is 7.94. The molecule has 1 aromatic heterocycles. The SMILES string of the molecule is CC(C)n1ccnc1NC12CC3CC(CC(C3)C1)C2. The quantitative estimate of drug-likeness (QED) is 0.893. The van der Waals surface area contributed by atoms with Gasteiger partial charge in [0.2, 0.25) is 5.95 Å². The van der Waals surface area contributed by atoms with Crippen LogP contribution >= 0.6 is 0 Å². The second-order valence-corrected chi connectivity index (χ2v) is 7.57. The molecule has 1 aromatic rings. The molecule has 4 bridgehead atoms. The molecule has 104 valence electrons. The zero-order valence-corrected chi connectivity index (χ0v) is 12.1. The van der Waals surface area contributed by atoms with Gasteiger partial charge in [-0.1, -0.05) is 0 Å². The van der Waals surface area contributed by atoms with Crippen molar-refractivity contribution in [1.29, 1.82) is 0 Å². The van der Waals surface area contributed by atoms with Crippen LogP contribution in [0.25, 0.3) is 0 Å². The number of rotatable bonds is 3. The summed E-state index contributed by atoms with van der Waals surface area (Å²) in [6.07, 6.45) is 12.7. The van der Waals surface area contributed by atoms with E-state index >= 15 is 0 Å². The predicted octanol–water partition coefficient (Wildman–Crippen LogP) is 3.84. The summed E-state index contributed by atoms with van der Waals surface area (Å²) in [6, 6.07) is 0.485. The van der Waals surface area contributed by atoms with Crippen LogP contribution in [0.5, 0.6) is 0 Å². The number of anilines is 1. The minimum absolute atomic E-state index is 0.368. The number of hydrogen-bond donors (Lipinski definition) is 1. The van der Waals surface area contributed by atoms with Crippen molar-refractivity contribution < 1.29 is 0 Å². The topological polar surface area (TPSA) is 29.9 Å². The number of hydrogen-bond acceptors (Lipinski definition) is 2. The van der Waals surface area contributed by atoms with Crippen LogP contribution in [0, 0.1) is 17.8 Å². The Bertz CT molecular complexity index is 439. The van der Waals surface area contributed by atoms with Gasteiger partial charge < -0.3 is 9.88 Å². The molecule has 1 N–H and O–H groups in total. The summed E-state index contributed by atoms with van der Waals surface area (Å²) in [4.78, 5) is 4.57. The van der Waals surface area contributed by atoms with Crippen LogP contribution in [-0.2, 0) is 0 Å². The summed E-state index contributed by atoms with van der Waals surface area (Å²) in [5.74, 6) is 4.06. The Labute approximate surface area is 115 Å². The Morgan fingerprint density at radius 3 is 2.26 bits per heavy atom. The van der Waals surface area contributed by atoms with Gasteiger partial charge in [-0.25, -0.2) is 4.98 Å². The average molecular weight is 259 g/mol. The van der Waals surface area contributed by atoms with E-state index in [1.54, 1.807) is 0 Å². The molecule has 0 atom stereocenters. The van der Waals surface area contributed by atoms with Gasteiger partial charge in [-0.15, -0.1) is 0 Å². The first-order chi connectivity index (χ1) is 9.13. The van der Waals surface area contributed by atoms with Crippen LogP contribution < -0.4 is 5.32 Å².